The molecule has 0 unspecified atom stereocenters. The molecule has 1 rings (SSSR count). The zero-order valence-corrected chi connectivity index (χ0v) is 7.29. The lowest BCUT2D eigenvalue weighted by atomic mass is 9.98. The molecular formula is C7H15NO5. The fraction of sp³-hybridized carbons (Fsp3) is 1.00. The van der Waals surface area contributed by atoms with E-state index in [0.29, 0.717) is 0 Å². The Morgan fingerprint density at radius 2 is 1.77 bits per heavy atom. The van der Waals surface area contributed by atoms with Crippen LogP contribution in [-0.2, 0) is 4.74 Å². The second-order valence-corrected chi connectivity index (χ2v) is 3.04. The molecule has 1 aliphatic heterocycles. The Morgan fingerprint density at radius 3 is 2.23 bits per heavy atom. The number of hydrogen-bond donors (Lipinski definition) is 5. The third-order valence-electron chi connectivity index (χ3n) is 2.18. The minimum Gasteiger partial charge on any atom is -0.394 e. The predicted octanol–water partition coefficient (Wildman–Crippen LogP) is -2.99. The number of hydrogen-bond acceptors (Lipinski definition) is 6. The average Bonchev–Trinajstić information content (AvgIpc) is 2.15. The highest BCUT2D eigenvalue weighted by atomic mass is 16.6. The lowest BCUT2D eigenvalue weighted by molar-refractivity contribution is -0.235. The van der Waals surface area contributed by atoms with E-state index in [-0.39, 0.29) is 0 Å². The molecule has 0 bridgehead atoms. The summed E-state index contributed by atoms with van der Waals surface area (Å²) in [5, 5.41) is 39.3. The lowest BCUT2D eigenvalue weighted by Crippen LogP contribution is -2.61. The van der Waals surface area contributed by atoms with Gasteiger partial charge in [-0.25, -0.2) is 0 Å². The molecule has 13 heavy (non-hydrogen) atoms. The van der Waals surface area contributed by atoms with Crippen LogP contribution in [0, 0.1) is 0 Å². The number of ether oxygens (including phenoxy) is 1. The van der Waals surface area contributed by atoms with Crippen LogP contribution in [0.3, 0.4) is 0 Å². The van der Waals surface area contributed by atoms with Crippen molar-refractivity contribution in [3.05, 3.63) is 0 Å². The molecule has 0 aromatic rings. The van der Waals surface area contributed by atoms with Gasteiger partial charge in [0.15, 0.2) is 0 Å². The molecule has 0 aliphatic carbocycles. The van der Waals surface area contributed by atoms with Gasteiger partial charge in [0.2, 0.25) is 0 Å². The van der Waals surface area contributed by atoms with Gasteiger partial charge in [-0.05, 0) is 7.05 Å². The second kappa shape index (κ2) is 4.32. The maximum Gasteiger partial charge on any atom is 0.137 e. The van der Waals surface area contributed by atoms with E-state index in [2.05, 4.69) is 5.32 Å². The number of aliphatic hydroxyl groups excluding tert-OH is 4. The van der Waals surface area contributed by atoms with Crippen molar-refractivity contribution in [1.29, 1.82) is 0 Å². The Morgan fingerprint density at radius 1 is 1.15 bits per heavy atom. The minimum atomic E-state index is -1.30. The normalized spacial score (nSPS) is 46.4. The van der Waals surface area contributed by atoms with Crippen molar-refractivity contribution in [2.45, 2.75) is 30.6 Å². The summed E-state index contributed by atoms with van der Waals surface area (Å²) in [4.78, 5) is 0. The summed E-state index contributed by atoms with van der Waals surface area (Å²) in [6.07, 6.45) is -5.39. The molecule has 0 spiro atoms. The summed E-state index contributed by atoms with van der Waals surface area (Å²) < 4.78 is 5.06. The van der Waals surface area contributed by atoms with Crippen LogP contribution in [0.15, 0.2) is 0 Å². The van der Waals surface area contributed by atoms with E-state index in [4.69, 9.17) is 9.84 Å². The van der Waals surface area contributed by atoms with Crippen molar-refractivity contribution >= 4 is 0 Å². The molecule has 0 amide bonds. The van der Waals surface area contributed by atoms with Gasteiger partial charge >= 0.3 is 0 Å². The summed E-state index contributed by atoms with van der Waals surface area (Å²) in [5.41, 5.74) is 0. The standard InChI is InChI=1S/C7H15NO5/c1-8-7-6(12)5(11)4(10)3(2-9)13-7/h3-12H,2H2,1H3/t3-,4+,5+,6-,7-/m1/s1. The first-order chi connectivity index (χ1) is 6.11. The molecule has 5 N–H and O–H groups in total. The third-order valence-corrected chi connectivity index (χ3v) is 2.18. The van der Waals surface area contributed by atoms with Gasteiger partial charge in [0, 0.05) is 0 Å². The Kier molecular flexibility index (Phi) is 3.60. The molecule has 0 radical (unpaired) electrons. The van der Waals surface area contributed by atoms with Gasteiger partial charge in [-0.3, -0.25) is 5.32 Å². The van der Waals surface area contributed by atoms with E-state index >= 15 is 0 Å². The predicted molar refractivity (Wildman–Crippen MR) is 42.8 cm³/mol. The van der Waals surface area contributed by atoms with Crippen molar-refractivity contribution < 1.29 is 25.2 Å². The van der Waals surface area contributed by atoms with Crippen LogP contribution in [-0.4, -0.2) is 64.7 Å². The van der Waals surface area contributed by atoms with E-state index in [9.17, 15) is 15.3 Å². The quantitative estimate of drug-likeness (QED) is 0.320. The van der Waals surface area contributed by atoms with Crippen LogP contribution in [0.2, 0.25) is 0 Å². The van der Waals surface area contributed by atoms with E-state index in [1.165, 1.54) is 0 Å². The van der Waals surface area contributed by atoms with Gasteiger partial charge < -0.3 is 25.2 Å². The van der Waals surface area contributed by atoms with Crippen LogP contribution >= 0.6 is 0 Å². The number of aliphatic hydroxyl groups is 4. The second-order valence-electron chi connectivity index (χ2n) is 3.04. The number of rotatable bonds is 2. The summed E-state index contributed by atoms with van der Waals surface area (Å²) in [7, 11) is 1.55. The average molecular weight is 193 g/mol. The molecule has 1 aliphatic rings. The van der Waals surface area contributed by atoms with Crippen LogP contribution in [0.4, 0.5) is 0 Å². The molecule has 0 aromatic heterocycles. The number of nitrogens with one attached hydrogen (secondary N) is 1. The van der Waals surface area contributed by atoms with Crippen molar-refractivity contribution in [2.75, 3.05) is 13.7 Å². The summed E-state index contributed by atoms with van der Waals surface area (Å²) in [6, 6.07) is 0. The van der Waals surface area contributed by atoms with E-state index < -0.39 is 37.3 Å². The molecular weight excluding hydrogens is 178 g/mol. The molecule has 0 aromatic carbocycles. The van der Waals surface area contributed by atoms with Gasteiger partial charge in [0.25, 0.3) is 0 Å². The van der Waals surface area contributed by atoms with Crippen molar-refractivity contribution in [2.24, 2.45) is 0 Å². The number of likely N-dealkylation sites (N-methyl/N-ethyl adjacent to an activating group) is 1. The fourth-order valence-corrected chi connectivity index (χ4v) is 1.34. The van der Waals surface area contributed by atoms with E-state index in [1.54, 1.807) is 7.05 Å². The Balaban J connectivity index is 2.66. The van der Waals surface area contributed by atoms with E-state index in [0.717, 1.165) is 0 Å². The van der Waals surface area contributed by atoms with Crippen molar-refractivity contribution in [1.82, 2.24) is 5.32 Å². The SMILES string of the molecule is CN[C@@H]1O[C@H](CO)[C@H](O)[C@H](O)[C@H]1O. The zero-order valence-electron chi connectivity index (χ0n) is 7.29. The van der Waals surface area contributed by atoms with Gasteiger partial charge in [-0.2, -0.15) is 0 Å². The first-order valence-electron chi connectivity index (χ1n) is 4.09. The van der Waals surface area contributed by atoms with Crippen LogP contribution < -0.4 is 5.32 Å². The highest BCUT2D eigenvalue weighted by Gasteiger charge is 2.42. The highest BCUT2D eigenvalue weighted by Crippen LogP contribution is 2.18. The first kappa shape index (κ1) is 10.8. The summed E-state index contributed by atoms with van der Waals surface area (Å²) in [5.74, 6) is 0. The minimum absolute atomic E-state index is 0.400. The van der Waals surface area contributed by atoms with Gasteiger partial charge in [-0.15, -0.1) is 0 Å². The summed E-state index contributed by atoms with van der Waals surface area (Å²) >= 11 is 0. The Hall–Kier alpha value is -0.240. The highest BCUT2D eigenvalue weighted by molar-refractivity contribution is 4.90. The monoisotopic (exact) mass is 193 g/mol. The Bertz CT molecular complexity index is 147. The maximum absolute atomic E-state index is 9.34. The zero-order chi connectivity index (χ0) is 10.0. The molecule has 5 atom stereocenters. The third kappa shape index (κ3) is 1.98. The fourth-order valence-electron chi connectivity index (χ4n) is 1.34. The molecule has 1 saturated heterocycles. The smallest absolute Gasteiger partial charge is 0.137 e. The largest absolute Gasteiger partial charge is 0.394 e. The lowest BCUT2D eigenvalue weighted by Gasteiger charge is -2.39. The molecule has 78 valence electrons. The van der Waals surface area contributed by atoms with E-state index in [1.807, 2.05) is 0 Å². The van der Waals surface area contributed by atoms with Crippen LogP contribution in [0.1, 0.15) is 0 Å². The van der Waals surface area contributed by atoms with Gasteiger partial charge in [-0.1, -0.05) is 0 Å². The van der Waals surface area contributed by atoms with Crippen LogP contribution in [0.25, 0.3) is 0 Å². The maximum atomic E-state index is 9.34. The molecule has 1 heterocycles. The van der Waals surface area contributed by atoms with Crippen LogP contribution in [0.5, 0.6) is 0 Å². The molecule has 6 heteroatoms. The van der Waals surface area contributed by atoms with Crippen molar-refractivity contribution in [3.8, 4) is 0 Å². The van der Waals surface area contributed by atoms with Gasteiger partial charge in [0.05, 0.1) is 6.61 Å². The molecule has 1 fully saturated rings. The molecule has 0 saturated carbocycles. The molecule has 6 nitrogen and oxygen atoms in total. The first-order valence-corrected chi connectivity index (χ1v) is 4.09. The van der Waals surface area contributed by atoms with Gasteiger partial charge in [0.1, 0.15) is 30.6 Å². The van der Waals surface area contributed by atoms with Crippen molar-refractivity contribution in [3.63, 3.8) is 0 Å². The topological polar surface area (TPSA) is 102 Å². The Labute approximate surface area is 75.8 Å². The summed E-state index contributed by atoms with van der Waals surface area (Å²) in [6.45, 7) is -0.400.